The van der Waals surface area contributed by atoms with Crippen molar-refractivity contribution in [2.75, 3.05) is 6.54 Å². The Hall–Kier alpha value is -2.58. The van der Waals surface area contributed by atoms with Gasteiger partial charge in [-0.2, -0.15) is 0 Å². The molecule has 3 rings (SSSR count). The molecule has 0 radical (unpaired) electrons. The molecule has 3 amide bonds. The van der Waals surface area contributed by atoms with Crippen LogP contribution < -0.4 is 20.7 Å². The standard InChI is InChI=1S/C20H25N3O2S.C6H13NO/c1-14(23-20(25)13-22-26-17-9-10-17)11-19(24)21-12-16-7-4-6-15-5-2-3-8-18(15)16;1-5(8)7-6(2,3)4/h2-8,14,17,22H,9-13H2,1H3,(H,21,24)(H,23,25);1-4H3,(H,7,8). The zero-order chi connectivity index (χ0) is 25.1. The Labute approximate surface area is 207 Å². The summed E-state index contributed by atoms with van der Waals surface area (Å²) in [5, 5.41) is 11.5. The highest BCUT2D eigenvalue weighted by Crippen LogP contribution is 2.31. The fourth-order valence-corrected chi connectivity index (χ4v) is 4.13. The summed E-state index contributed by atoms with van der Waals surface area (Å²) in [5.41, 5.74) is 1.01. The lowest BCUT2D eigenvalue weighted by Crippen LogP contribution is -2.40. The normalized spacial score (nSPS) is 13.9. The van der Waals surface area contributed by atoms with Crippen LogP contribution in [0.2, 0.25) is 0 Å². The van der Waals surface area contributed by atoms with E-state index in [-0.39, 0.29) is 42.3 Å². The lowest BCUT2D eigenvalue weighted by molar-refractivity contribution is -0.123. The predicted octanol–water partition coefficient (Wildman–Crippen LogP) is 3.67. The van der Waals surface area contributed by atoms with Gasteiger partial charge in [-0.25, -0.2) is 0 Å². The Balaban J connectivity index is 0.000000440. The van der Waals surface area contributed by atoms with Gasteiger partial charge in [-0.3, -0.25) is 19.1 Å². The van der Waals surface area contributed by atoms with E-state index in [0.29, 0.717) is 11.8 Å². The van der Waals surface area contributed by atoms with Gasteiger partial charge in [0.2, 0.25) is 17.7 Å². The Morgan fingerprint density at radius 1 is 1.03 bits per heavy atom. The van der Waals surface area contributed by atoms with Crippen LogP contribution in [0.1, 0.15) is 59.4 Å². The summed E-state index contributed by atoms with van der Waals surface area (Å²) in [6.45, 7) is 10.00. The Morgan fingerprint density at radius 3 is 2.32 bits per heavy atom. The molecule has 0 aliphatic heterocycles. The SMILES string of the molecule is CC(=O)NC(C)(C)C.CC(CC(=O)NCc1cccc2ccccc12)NC(=O)CNSC1CC1. The predicted molar refractivity (Wildman–Crippen MR) is 140 cm³/mol. The molecule has 0 aromatic heterocycles. The van der Waals surface area contributed by atoms with Gasteiger partial charge in [0, 0.05) is 36.7 Å². The fourth-order valence-electron chi connectivity index (χ4n) is 3.31. The van der Waals surface area contributed by atoms with E-state index in [1.165, 1.54) is 19.8 Å². The van der Waals surface area contributed by atoms with Gasteiger partial charge >= 0.3 is 0 Å². The van der Waals surface area contributed by atoms with Crippen LogP contribution in [0.25, 0.3) is 10.8 Å². The van der Waals surface area contributed by atoms with Gasteiger partial charge in [0.25, 0.3) is 0 Å². The van der Waals surface area contributed by atoms with E-state index in [0.717, 1.165) is 16.3 Å². The molecular formula is C26H38N4O3S. The number of nitrogens with one attached hydrogen (secondary N) is 4. The highest BCUT2D eigenvalue weighted by Gasteiger charge is 2.22. The fraction of sp³-hybridized carbons (Fsp3) is 0.500. The van der Waals surface area contributed by atoms with E-state index in [4.69, 9.17) is 0 Å². The number of amides is 3. The molecule has 1 fully saturated rings. The third kappa shape index (κ3) is 11.5. The topological polar surface area (TPSA) is 99.3 Å². The maximum atomic E-state index is 12.2. The Bertz CT molecular complexity index is 965. The molecule has 4 N–H and O–H groups in total. The van der Waals surface area contributed by atoms with Crippen LogP contribution in [0, 0.1) is 0 Å². The molecule has 2 aromatic rings. The minimum absolute atomic E-state index is 0.0255. The summed E-state index contributed by atoms with van der Waals surface area (Å²) in [7, 11) is 0. The summed E-state index contributed by atoms with van der Waals surface area (Å²) >= 11 is 1.63. The summed E-state index contributed by atoms with van der Waals surface area (Å²) < 4.78 is 3.07. The zero-order valence-electron chi connectivity index (χ0n) is 20.9. The highest BCUT2D eigenvalue weighted by atomic mass is 32.2. The summed E-state index contributed by atoms with van der Waals surface area (Å²) in [4.78, 5) is 34.4. The maximum absolute atomic E-state index is 12.2. The number of fused-ring (bicyclic) bond motifs is 1. The third-order valence-corrected chi connectivity index (χ3v) is 5.93. The maximum Gasteiger partial charge on any atom is 0.235 e. The lowest BCUT2D eigenvalue weighted by atomic mass is 10.0. The smallest absolute Gasteiger partial charge is 0.235 e. The quantitative estimate of drug-likeness (QED) is 0.405. The molecule has 8 heteroatoms. The van der Waals surface area contributed by atoms with Crippen molar-refractivity contribution >= 4 is 40.4 Å². The van der Waals surface area contributed by atoms with Crippen molar-refractivity contribution in [3.8, 4) is 0 Å². The Morgan fingerprint density at radius 2 is 1.71 bits per heavy atom. The van der Waals surface area contributed by atoms with E-state index < -0.39 is 0 Å². The minimum Gasteiger partial charge on any atom is -0.352 e. The molecule has 0 saturated heterocycles. The van der Waals surface area contributed by atoms with Crippen molar-refractivity contribution in [2.45, 2.75) is 77.3 Å². The van der Waals surface area contributed by atoms with Crippen LogP contribution in [-0.2, 0) is 20.9 Å². The third-order valence-electron chi connectivity index (χ3n) is 4.81. The van der Waals surface area contributed by atoms with Gasteiger partial charge in [-0.15, -0.1) is 0 Å². The molecule has 1 aliphatic rings. The van der Waals surface area contributed by atoms with Gasteiger partial charge in [0.1, 0.15) is 0 Å². The summed E-state index contributed by atoms with van der Waals surface area (Å²) in [6.07, 6.45) is 2.73. The van der Waals surface area contributed by atoms with Gasteiger partial charge in [0.15, 0.2) is 0 Å². The van der Waals surface area contributed by atoms with Crippen molar-refractivity contribution in [3.63, 3.8) is 0 Å². The number of benzene rings is 2. The number of carbonyl (C=O) groups is 3. The molecule has 186 valence electrons. The van der Waals surface area contributed by atoms with E-state index in [1.54, 1.807) is 11.9 Å². The van der Waals surface area contributed by atoms with E-state index >= 15 is 0 Å². The van der Waals surface area contributed by atoms with Crippen molar-refractivity contribution in [1.82, 2.24) is 20.7 Å². The van der Waals surface area contributed by atoms with Crippen LogP contribution in [0.4, 0.5) is 0 Å². The van der Waals surface area contributed by atoms with Gasteiger partial charge in [-0.05, 0) is 56.9 Å². The number of rotatable bonds is 9. The van der Waals surface area contributed by atoms with Crippen LogP contribution >= 0.6 is 11.9 Å². The molecule has 34 heavy (non-hydrogen) atoms. The molecule has 1 saturated carbocycles. The highest BCUT2D eigenvalue weighted by molar-refractivity contribution is 7.98. The van der Waals surface area contributed by atoms with E-state index in [9.17, 15) is 14.4 Å². The van der Waals surface area contributed by atoms with Crippen LogP contribution in [0.3, 0.4) is 0 Å². The van der Waals surface area contributed by atoms with E-state index in [1.807, 2.05) is 52.0 Å². The number of hydrogen-bond donors (Lipinski definition) is 4. The lowest BCUT2D eigenvalue weighted by Gasteiger charge is -2.18. The molecule has 0 bridgehead atoms. The second-order valence-corrected chi connectivity index (χ2v) is 10.8. The van der Waals surface area contributed by atoms with Gasteiger partial charge in [0.05, 0.1) is 6.54 Å². The first-order chi connectivity index (χ1) is 16.0. The average molecular weight is 487 g/mol. The minimum atomic E-state index is -0.192. The van der Waals surface area contributed by atoms with Crippen molar-refractivity contribution in [2.24, 2.45) is 0 Å². The second-order valence-electron chi connectivity index (χ2n) is 9.66. The van der Waals surface area contributed by atoms with Gasteiger partial charge < -0.3 is 16.0 Å². The molecule has 0 spiro atoms. The first kappa shape index (κ1) is 27.7. The summed E-state index contributed by atoms with van der Waals surface area (Å²) in [5.74, 6) is -0.115. The Kier molecular flexibility index (Phi) is 10.9. The van der Waals surface area contributed by atoms with Crippen LogP contribution in [0.5, 0.6) is 0 Å². The molecule has 0 heterocycles. The number of carbonyl (C=O) groups excluding carboxylic acids is 3. The first-order valence-corrected chi connectivity index (χ1v) is 12.6. The molecule has 7 nitrogen and oxygen atoms in total. The molecular weight excluding hydrogens is 448 g/mol. The van der Waals surface area contributed by atoms with Crippen LogP contribution in [-0.4, -0.2) is 41.1 Å². The largest absolute Gasteiger partial charge is 0.352 e. The van der Waals surface area contributed by atoms with Crippen molar-refractivity contribution in [1.29, 1.82) is 0 Å². The monoisotopic (exact) mass is 486 g/mol. The summed E-state index contributed by atoms with van der Waals surface area (Å²) in [6, 6.07) is 14.0. The number of hydrogen-bond acceptors (Lipinski definition) is 5. The molecule has 1 unspecified atom stereocenters. The molecule has 1 aliphatic carbocycles. The zero-order valence-corrected chi connectivity index (χ0v) is 21.7. The van der Waals surface area contributed by atoms with Crippen molar-refractivity contribution in [3.05, 3.63) is 48.0 Å². The average Bonchev–Trinajstić information content (AvgIpc) is 3.55. The van der Waals surface area contributed by atoms with Gasteiger partial charge in [-0.1, -0.05) is 54.4 Å². The first-order valence-electron chi connectivity index (χ1n) is 11.7. The van der Waals surface area contributed by atoms with Crippen LogP contribution in [0.15, 0.2) is 42.5 Å². The van der Waals surface area contributed by atoms with E-state index in [2.05, 4.69) is 38.9 Å². The second kappa shape index (κ2) is 13.3. The molecule has 2 aromatic carbocycles. The molecule has 1 atom stereocenters. The van der Waals surface area contributed by atoms with Crippen molar-refractivity contribution < 1.29 is 14.4 Å².